The summed E-state index contributed by atoms with van der Waals surface area (Å²) in [5.74, 6) is -0.778. The van der Waals surface area contributed by atoms with Crippen molar-refractivity contribution in [3.63, 3.8) is 0 Å². The minimum Gasteiger partial charge on any atom is -0.483 e. The summed E-state index contributed by atoms with van der Waals surface area (Å²) in [4.78, 5) is 43.2. The molecule has 5 atom stereocenters. The number of hydrogen-bond donors (Lipinski definition) is 3. The molecule has 0 radical (unpaired) electrons. The number of fused-ring (bicyclic) bond motifs is 10. The van der Waals surface area contributed by atoms with Gasteiger partial charge in [-0.05, 0) is 61.3 Å². The summed E-state index contributed by atoms with van der Waals surface area (Å²) in [5.41, 5.74) is 2.59. The molecule has 8 nitrogen and oxygen atoms in total. The third-order valence-corrected chi connectivity index (χ3v) is 7.65. The highest BCUT2D eigenvalue weighted by atomic mass is 16.5. The maximum Gasteiger partial charge on any atom is 0.247 e. The molecule has 3 aromatic carbocycles. The first kappa shape index (κ1) is 30.5. The lowest BCUT2D eigenvalue weighted by Gasteiger charge is -2.33. The van der Waals surface area contributed by atoms with Crippen LogP contribution in [-0.4, -0.2) is 54.8 Å². The number of nitrogens with zero attached hydrogens (tertiary/aromatic N) is 1. The fourth-order valence-electron chi connectivity index (χ4n) is 4.91. The number of likely N-dealkylation sites (N-methyl/N-ethyl adjacent to an activating group) is 1. The van der Waals surface area contributed by atoms with Gasteiger partial charge in [0.2, 0.25) is 17.7 Å². The van der Waals surface area contributed by atoms with Gasteiger partial charge in [-0.1, -0.05) is 93.1 Å². The second-order valence-corrected chi connectivity index (χ2v) is 10.9. The number of amides is 3. The summed E-state index contributed by atoms with van der Waals surface area (Å²) < 4.78 is 6.48. The average molecular weight is 569 g/mol. The lowest BCUT2D eigenvalue weighted by atomic mass is 9.95. The van der Waals surface area contributed by atoms with Crippen LogP contribution >= 0.6 is 0 Å². The fraction of sp³-hybridized carbons (Fsp3) is 0.324. The Labute approximate surface area is 248 Å². The van der Waals surface area contributed by atoms with Crippen molar-refractivity contribution in [3.05, 3.63) is 108 Å². The summed E-state index contributed by atoms with van der Waals surface area (Å²) in [7, 11) is 3.68. The van der Waals surface area contributed by atoms with Gasteiger partial charge in [-0.25, -0.2) is 0 Å². The molecule has 0 aromatic heterocycles. The molecule has 3 aromatic rings. The van der Waals surface area contributed by atoms with Gasteiger partial charge in [0, 0.05) is 6.20 Å². The van der Waals surface area contributed by atoms with E-state index in [1.807, 2.05) is 106 Å². The Hall–Kier alpha value is -4.43. The topological polar surface area (TPSA) is 99.8 Å². The van der Waals surface area contributed by atoms with Gasteiger partial charge in [-0.15, -0.1) is 0 Å². The minimum absolute atomic E-state index is 0.159. The molecule has 0 aliphatic carbocycles. The van der Waals surface area contributed by atoms with Crippen LogP contribution in [-0.2, 0) is 20.8 Å². The minimum atomic E-state index is -1.14. The summed E-state index contributed by atoms with van der Waals surface area (Å²) in [5, 5.41) is 8.77. The zero-order chi connectivity index (χ0) is 30.1. The molecule has 2 heterocycles. The van der Waals surface area contributed by atoms with E-state index in [1.165, 1.54) is 0 Å². The number of hydrogen-bond acceptors (Lipinski definition) is 5. The molecule has 42 heavy (non-hydrogen) atoms. The number of carbonyl (C=O) groups excluding carboxylic acids is 3. The fourth-order valence-corrected chi connectivity index (χ4v) is 4.91. The molecular weight excluding hydrogens is 528 g/mol. The number of rotatable bonds is 8. The Bertz CT molecular complexity index is 1360. The maximum absolute atomic E-state index is 14.2. The van der Waals surface area contributed by atoms with E-state index in [9.17, 15) is 14.4 Å². The molecular formula is C34H40N4O4. The van der Waals surface area contributed by atoms with Crippen LogP contribution in [0.5, 0.6) is 5.75 Å². The van der Waals surface area contributed by atoms with Gasteiger partial charge in [0.15, 0.2) is 6.10 Å². The normalized spacial score (nSPS) is 21.3. The first-order chi connectivity index (χ1) is 20.3. The van der Waals surface area contributed by atoms with Gasteiger partial charge in [0.25, 0.3) is 0 Å². The van der Waals surface area contributed by atoms with Crippen molar-refractivity contribution in [3.8, 4) is 5.75 Å². The summed E-state index contributed by atoms with van der Waals surface area (Å²) in [6, 6.07) is 23.9. The van der Waals surface area contributed by atoms with Crippen LogP contribution in [0.15, 0.2) is 91.1 Å². The molecule has 5 rings (SSSR count). The highest BCUT2D eigenvalue weighted by molar-refractivity contribution is 5.94. The van der Waals surface area contributed by atoms with Crippen LogP contribution in [0.2, 0.25) is 0 Å². The van der Waals surface area contributed by atoms with Gasteiger partial charge in [-0.2, -0.15) is 0 Å². The molecule has 3 N–H and O–H groups in total. The monoisotopic (exact) mass is 568 g/mol. The van der Waals surface area contributed by atoms with Crippen LogP contribution in [0.1, 0.15) is 43.1 Å². The van der Waals surface area contributed by atoms with E-state index in [2.05, 4.69) is 16.0 Å². The molecule has 0 spiro atoms. The van der Waals surface area contributed by atoms with Crippen LogP contribution in [0.4, 0.5) is 0 Å². The third kappa shape index (κ3) is 7.85. The third-order valence-electron chi connectivity index (χ3n) is 7.65. The number of ether oxygens (including phenoxy) is 1. The number of carbonyl (C=O) groups is 3. The molecule has 2 bridgehead atoms. The van der Waals surface area contributed by atoms with Crippen molar-refractivity contribution in [2.45, 2.75) is 50.9 Å². The number of nitrogens with one attached hydrogen (secondary N) is 3. The van der Waals surface area contributed by atoms with Gasteiger partial charge in [-0.3, -0.25) is 19.3 Å². The largest absolute Gasteiger partial charge is 0.483 e. The quantitative estimate of drug-likeness (QED) is 0.380. The van der Waals surface area contributed by atoms with E-state index < -0.39 is 30.1 Å². The molecule has 0 saturated heterocycles. The van der Waals surface area contributed by atoms with Crippen molar-refractivity contribution in [2.75, 3.05) is 14.1 Å². The lowest BCUT2D eigenvalue weighted by Crippen LogP contribution is -2.59. The molecule has 220 valence electrons. The zero-order valence-electron chi connectivity index (χ0n) is 24.6. The lowest BCUT2D eigenvalue weighted by molar-refractivity contribution is -0.136. The smallest absolute Gasteiger partial charge is 0.247 e. The van der Waals surface area contributed by atoms with Crippen LogP contribution in [0.25, 0.3) is 6.08 Å². The second kappa shape index (κ2) is 14.5. The van der Waals surface area contributed by atoms with Crippen LogP contribution < -0.4 is 20.7 Å². The molecule has 0 unspecified atom stereocenters. The van der Waals surface area contributed by atoms with Crippen LogP contribution in [0, 0.1) is 5.92 Å². The Morgan fingerprint density at radius 3 is 2.19 bits per heavy atom. The SMILES string of the molecule is CC[C@@H](C)[C@@H]1NC(=O)[C@@H](NC(=O)[C@H](Cc2ccccc2)N(C)C)[C@H](c2ccccc2)Oc2ccc(cc2)/C=C\NC1=O. The average Bonchev–Trinajstić information content (AvgIpc) is 3.00. The van der Waals surface area contributed by atoms with Crippen LogP contribution in [0.3, 0.4) is 0 Å². The van der Waals surface area contributed by atoms with Crippen molar-refractivity contribution < 1.29 is 19.1 Å². The number of benzene rings is 3. The van der Waals surface area contributed by atoms with Gasteiger partial charge < -0.3 is 20.7 Å². The van der Waals surface area contributed by atoms with E-state index >= 15 is 0 Å². The maximum atomic E-state index is 14.2. The Morgan fingerprint density at radius 2 is 1.57 bits per heavy atom. The zero-order valence-corrected chi connectivity index (χ0v) is 24.6. The highest BCUT2D eigenvalue weighted by Crippen LogP contribution is 2.27. The van der Waals surface area contributed by atoms with Crippen molar-refractivity contribution in [2.24, 2.45) is 5.92 Å². The van der Waals surface area contributed by atoms with E-state index in [1.54, 1.807) is 24.4 Å². The van der Waals surface area contributed by atoms with Gasteiger partial charge in [0.05, 0.1) is 6.04 Å². The molecule has 2 aliphatic rings. The second-order valence-electron chi connectivity index (χ2n) is 10.9. The molecule has 0 saturated carbocycles. The summed E-state index contributed by atoms with van der Waals surface area (Å²) in [6.07, 6.45) is 3.60. The first-order valence-corrected chi connectivity index (χ1v) is 14.4. The standard InChI is InChI=1S/C34H40N4O4/c1-5-23(2)29-33(40)35-21-20-24-16-18-27(19-17-24)42-31(26-14-10-7-11-15-26)30(34(41)36-29)37-32(39)28(38(3)4)22-25-12-8-6-9-13-25/h6-21,23,28-31H,5,22H2,1-4H3,(H,35,40)(H,36,41)(H,37,39)/b21-20-/t23-,28+,29+,30+,31+/m1/s1. The molecule has 0 fully saturated rings. The van der Waals surface area contributed by atoms with E-state index in [-0.39, 0.29) is 17.7 Å². The predicted molar refractivity (Wildman–Crippen MR) is 164 cm³/mol. The summed E-state index contributed by atoms with van der Waals surface area (Å²) >= 11 is 0. The van der Waals surface area contributed by atoms with Crippen molar-refractivity contribution >= 4 is 23.8 Å². The predicted octanol–water partition coefficient (Wildman–Crippen LogP) is 4.10. The Kier molecular flexibility index (Phi) is 10.5. The van der Waals surface area contributed by atoms with Crippen molar-refractivity contribution in [1.82, 2.24) is 20.9 Å². The van der Waals surface area contributed by atoms with E-state index in [0.29, 0.717) is 24.2 Å². The van der Waals surface area contributed by atoms with Gasteiger partial charge in [0.1, 0.15) is 17.8 Å². The molecule has 8 heteroatoms. The highest BCUT2D eigenvalue weighted by Gasteiger charge is 2.38. The Morgan fingerprint density at radius 1 is 0.929 bits per heavy atom. The molecule has 3 amide bonds. The Balaban J connectivity index is 1.77. The molecule has 2 aliphatic heterocycles. The van der Waals surface area contributed by atoms with Gasteiger partial charge >= 0.3 is 0 Å². The summed E-state index contributed by atoms with van der Waals surface area (Å²) in [6.45, 7) is 3.88. The van der Waals surface area contributed by atoms with E-state index in [0.717, 1.165) is 11.1 Å². The van der Waals surface area contributed by atoms with Crippen molar-refractivity contribution in [1.29, 1.82) is 0 Å². The first-order valence-electron chi connectivity index (χ1n) is 14.4. The van der Waals surface area contributed by atoms with E-state index in [4.69, 9.17) is 4.74 Å².